The average molecular weight is 219 g/mol. The molecule has 0 saturated carbocycles. The number of unbranched alkanes of at least 4 members (excludes halogenated alkanes) is 1. The second kappa shape index (κ2) is 6.25. The molecule has 3 nitrogen and oxygen atoms in total. The summed E-state index contributed by atoms with van der Waals surface area (Å²) in [6.07, 6.45) is 2.53. The minimum absolute atomic E-state index is 0.295. The molecule has 0 aromatic rings. The van der Waals surface area contributed by atoms with Gasteiger partial charge >= 0.3 is 0 Å². The Morgan fingerprint density at radius 2 is 1.86 bits per heavy atom. The normalized spacial score (nSPS) is 18.6. The summed E-state index contributed by atoms with van der Waals surface area (Å²) in [5.41, 5.74) is 0. The number of halogens is 1. The Bertz CT molecular complexity index is 179. The molecule has 1 rings (SSSR count). The van der Waals surface area contributed by atoms with Gasteiger partial charge in [-0.3, -0.25) is 4.79 Å². The third kappa shape index (κ3) is 3.84. The predicted octanol–water partition coefficient (Wildman–Crippen LogP) is 1.17. The SMILES string of the molecule is CN1CCN(C(=O)CCCCCl)CC1. The van der Waals surface area contributed by atoms with Gasteiger partial charge in [0, 0.05) is 38.5 Å². The molecule has 0 aromatic heterocycles. The summed E-state index contributed by atoms with van der Waals surface area (Å²) < 4.78 is 0. The highest BCUT2D eigenvalue weighted by Gasteiger charge is 2.17. The monoisotopic (exact) mass is 218 g/mol. The number of rotatable bonds is 4. The first kappa shape index (κ1) is 11.8. The van der Waals surface area contributed by atoms with E-state index in [0.717, 1.165) is 39.0 Å². The van der Waals surface area contributed by atoms with Gasteiger partial charge in [-0.1, -0.05) is 0 Å². The summed E-state index contributed by atoms with van der Waals surface area (Å²) in [7, 11) is 2.09. The van der Waals surface area contributed by atoms with E-state index in [0.29, 0.717) is 18.2 Å². The summed E-state index contributed by atoms with van der Waals surface area (Å²) >= 11 is 5.56. The zero-order valence-electron chi connectivity index (χ0n) is 8.84. The van der Waals surface area contributed by atoms with Crippen molar-refractivity contribution in [3.05, 3.63) is 0 Å². The molecule has 0 bridgehead atoms. The molecule has 1 heterocycles. The molecule has 1 aliphatic rings. The van der Waals surface area contributed by atoms with Crippen LogP contribution in [-0.2, 0) is 4.79 Å². The van der Waals surface area contributed by atoms with Crippen molar-refractivity contribution in [2.75, 3.05) is 39.1 Å². The van der Waals surface area contributed by atoms with Crippen molar-refractivity contribution in [3.63, 3.8) is 0 Å². The van der Waals surface area contributed by atoms with Crippen molar-refractivity contribution >= 4 is 17.5 Å². The third-order valence-electron chi connectivity index (χ3n) is 2.63. The van der Waals surface area contributed by atoms with Crippen LogP contribution in [0.1, 0.15) is 19.3 Å². The molecule has 1 saturated heterocycles. The van der Waals surface area contributed by atoms with Gasteiger partial charge in [0.1, 0.15) is 0 Å². The Balaban J connectivity index is 2.17. The maximum atomic E-state index is 11.6. The second-order valence-corrected chi connectivity index (χ2v) is 4.21. The molecule has 0 N–H and O–H groups in total. The Labute approximate surface area is 91.0 Å². The highest BCUT2D eigenvalue weighted by atomic mass is 35.5. The van der Waals surface area contributed by atoms with Gasteiger partial charge in [-0.2, -0.15) is 0 Å². The van der Waals surface area contributed by atoms with E-state index in [1.54, 1.807) is 0 Å². The standard InChI is InChI=1S/C10H19ClN2O/c1-12-6-8-13(9-7-12)10(14)4-2-3-5-11/h2-9H2,1H3. The minimum atomic E-state index is 0.295. The maximum Gasteiger partial charge on any atom is 0.222 e. The highest BCUT2D eigenvalue weighted by Crippen LogP contribution is 2.05. The van der Waals surface area contributed by atoms with Gasteiger partial charge < -0.3 is 9.80 Å². The van der Waals surface area contributed by atoms with E-state index in [2.05, 4.69) is 11.9 Å². The zero-order chi connectivity index (χ0) is 10.4. The van der Waals surface area contributed by atoms with Crippen molar-refractivity contribution < 1.29 is 4.79 Å². The maximum absolute atomic E-state index is 11.6. The summed E-state index contributed by atoms with van der Waals surface area (Å²) in [6, 6.07) is 0. The molecule has 0 radical (unpaired) electrons. The molecule has 4 heteroatoms. The Morgan fingerprint density at radius 3 is 2.43 bits per heavy atom. The summed E-state index contributed by atoms with van der Waals surface area (Å²) in [5.74, 6) is 0.957. The van der Waals surface area contributed by atoms with E-state index in [9.17, 15) is 4.79 Å². The van der Waals surface area contributed by atoms with Crippen LogP contribution in [0.5, 0.6) is 0 Å². The lowest BCUT2D eigenvalue weighted by Gasteiger charge is -2.32. The second-order valence-electron chi connectivity index (χ2n) is 3.83. The molecule has 0 spiro atoms. The molecule has 0 aromatic carbocycles. The number of carbonyl (C=O) groups excluding carboxylic acids is 1. The highest BCUT2D eigenvalue weighted by molar-refractivity contribution is 6.17. The fourth-order valence-corrected chi connectivity index (χ4v) is 1.77. The molecule has 1 aliphatic heterocycles. The van der Waals surface area contributed by atoms with Crippen LogP contribution in [0.2, 0.25) is 0 Å². The lowest BCUT2D eigenvalue weighted by molar-refractivity contribution is -0.132. The van der Waals surface area contributed by atoms with Crippen LogP contribution in [0, 0.1) is 0 Å². The van der Waals surface area contributed by atoms with Gasteiger partial charge in [-0.05, 0) is 19.9 Å². The molecule has 1 fully saturated rings. The van der Waals surface area contributed by atoms with Crippen molar-refractivity contribution in [3.8, 4) is 0 Å². The lowest BCUT2D eigenvalue weighted by atomic mass is 10.2. The van der Waals surface area contributed by atoms with Crippen LogP contribution in [0.4, 0.5) is 0 Å². The number of piperazine rings is 1. The average Bonchev–Trinajstić information content (AvgIpc) is 2.19. The first-order valence-corrected chi connectivity index (χ1v) is 5.80. The van der Waals surface area contributed by atoms with E-state index in [1.807, 2.05) is 4.90 Å². The summed E-state index contributed by atoms with van der Waals surface area (Å²) in [4.78, 5) is 15.9. The van der Waals surface area contributed by atoms with Crippen molar-refractivity contribution in [2.45, 2.75) is 19.3 Å². The fourth-order valence-electron chi connectivity index (χ4n) is 1.58. The van der Waals surface area contributed by atoms with Gasteiger partial charge in [-0.15, -0.1) is 11.6 Å². The van der Waals surface area contributed by atoms with E-state index in [1.165, 1.54) is 0 Å². The van der Waals surface area contributed by atoms with E-state index >= 15 is 0 Å². The number of amides is 1. The Hall–Kier alpha value is -0.280. The minimum Gasteiger partial charge on any atom is -0.340 e. The first-order valence-electron chi connectivity index (χ1n) is 5.26. The molecule has 0 unspecified atom stereocenters. The molecule has 14 heavy (non-hydrogen) atoms. The van der Waals surface area contributed by atoms with Crippen LogP contribution >= 0.6 is 11.6 Å². The summed E-state index contributed by atoms with van der Waals surface area (Å²) in [5, 5.41) is 0. The topological polar surface area (TPSA) is 23.6 Å². The van der Waals surface area contributed by atoms with E-state index < -0.39 is 0 Å². The Morgan fingerprint density at radius 1 is 1.21 bits per heavy atom. The van der Waals surface area contributed by atoms with Crippen LogP contribution in [0.15, 0.2) is 0 Å². The lowest BCUT2D eigenvalue weighted by Crippen LogP contribution is -2.47. The van der Waals surface area contributed by atoms with Crippen LogP contribution in [0.3, 0.4) is 0 Å². The van der Waals surface area contributed by atoms with E-state index in [4.69, 9.17) is 11.6 Å². The van der Waals surface area contributed by atoms with Gasteiger partial charge in [-0.25, -0.2) is 0 Å². The molecular formula is C10H19ClN2O. The number of carbonyl (C=O) groups is 1. The van der Waals surface area contributed by atoms with Crippen molar-refractivity contribution in [1.29, 1.82) is 0 Å². The van der Waals surface area contributed by atoms with Crippen LogP contribution in [0.25, 0.3) is 0 Å². The van der Waals surface area contributed by atoms with E-state index in [-0.39, 0.29) is 0 Å². The Kier molecular flexibility index (Phi) is 5.26. The molecule has 82 valence electrons. The molecule has 1 amide bonds. The van der Waals surface area contributed by atoms with Gasteiger partial charge in [0.15, 0.2) is 0 Å². The number of nitrogens with zero attached hydrogens (tertiary/aromatic N) is 2. The van der Waals surface area contributed by atoms with Gasteiger partial charge in [0.05, 0.1) is 0 Å². The fraction of sp³-hybridized carbons (Fsp3) is 0.900. The number of likely N-dealkylation sites (N-methyl/N-ethyl adjacent to an activating group) is 1. The number of alkyl halides is 1. The zero-order valence-corrected chi connectivity index (χ0v) is 9.59. The molecule has 0 aliphatic carbocycles. The van der Waals surface area contributed by atoms with Crippen molar-refractivity contribution in [1.82, 2.24) is 9.80 Å². The first-order chi connectivity index (χ1) is 6.74. The van der Waals surface area contributed by atoms with Crippen LogP contribution < -0.4 is 0 Å². The quantitative estimate of drug-likeness (QED) is 0.523. The largest absolute Gasteiger partial charge is 0.340 e. The van der Waals surface area contributed by atoms with Crippen LogP contribution in [-0.4, -0.2) is 54.8 Å². The number of hydrogen-bond donors (Lipinski definition) is 0. The van der Waals surface area contributed by atoms with Crippen molar-refractivity contribution in [2.24, 2.45) is 0 Å². The summed E-state index contributed by atoms with van der Waals surface area (Å²) in [6.45, 7) is 3.77. The molecule has 0 atom stereocenters. The van der Waals surface area contributed by atoms with Gasteiger partial charge in [0.25, 0.3) is 0 Å². The predicted molar refractivity (Wildman–Crippen MR) is 58.6 cm³/mol. The third-order valence-corrected chi connectivity index (χ3v) is 2.90. The molecular weight excluding hydrogens is 200 g/mol. The smallest absolute Gasteiger partial charge is 0.222 e. The number of hydrogen-bond acceptors (Lipinski definition) is 2. The van der Waals surface area contributed by atoms with Gasteiger partial charge in [0.2, 0.25) is 5.91 Å².